The zero-order valence-corrected chi connectivity index (χ0v) is 16.3. The van der Waals surface area contributed by atoms with E-state index in [0.29, 0.717) is 13.1 Å². The van der Waals surface area contributed by atoms with Crippen LogP contribution in [0.1, 0.15) is 26.3 Å². The van der Waals surface area contributed by atoms with Crippen LogP contribution < -0.4 is 10.2 Å². The van der Waals surface area contributed by atoms with E-state index >= 15 is 0 Å². The van der Waals surface area contributed by atoms with Crippen molar-refractivity contribution >= 4 is 17.4 Å². The Morgan fingerprint density at radius 2 is 2.04 bits per heavy atom. The number of anilines is 2. The molecule has 2 amide bonds. The van der Waals surface area contributed by atoms with Crippen LogP contribution in [0.2, 0.25) is 0 Å². The van der Waals surface area contributed by atoms with Crippen molar-refractivity contribution in [1.82, 2.24) is 9.80 Å². The molecule has 1 aliphatic rings. The molecule has 1 fully saturated rings. The summed E-state index contributed by atoms with van der Waals surface area (Å²) in [5.41, 5.74) is 2.30. The van der Waals surface area contributed by atoms with Crippen LogP contribution in [0.4, 0.5) is 16.2 Å². The van der Waals surface area contributed by atoms with Gasteiger partial charge in [0.05, 0.1) is 5.60 Å². The minimum absolute atomic E-state index is 0.0607. The normalized spacial score (nSPS) is 19.0. The third kappa shape index (κ3) is 5.09. The van der Waals surface area contributed by atoms with E-state index in [1.807, 2.05) is 62.9 Å². The molecule has 2 N–H and O–H groups in total. The zero-order chi connectivity index (χ0) is 18.8. The summed E-state index contributed by atoms with van der Waals surface area (Å²) in [4.78, 5) is 18.9. The van der Waals surface area contributed by atoms with Gasteiger partial charge in [0, 0.05) is 57.7 Å². The third-order valence-electron chi connectivity index (χ3n) is 4.61. The number of aliphatic hydroxyl groups is 1. The Morgan fingerprint density at radius 3 is 2.60 bits per heavy atom. The van der Waals surface area contributed by atoms with Crippen molar-refractivity contribution in [2.45, 2.75) is 39.3 Å². The van der Waals surface area contributed by atoms with E-state index in [9.17, 15) is 9.90 Å². The Balaban J connectivity index is 2.02. The Labute approximate surface area is 151 Å². The van der Waals surface area contributed by atoms with Crippen molar-refractivity contribution in [3.05, 3.63) is 23.8 Å². The molecule has 0 saturated carbocycles. The summed E-state index contributed by atoms with van der Waals surface area (Å²) in [6.45, 7) is 10.5. The first kappa shape index (κ1) is 19.5. The van der Waals surface area contributed by atoms with E-state index in [2.05, 4.69) is 17.1 Å². The van der Waals surface area contributed by atoms with Gasteiger partial charge in [0.15, 0.2) is 0 Å². The number of nitrogens with zero attached hydrogens (tertiary/aromatic N) is 3. The maximum absolute atomic E-state index is 12.7. The molecule has 0 spiro atoms. The van der Waals surface area contributed by atoms with Gasteiger partial charge in [-0.25, -0.2) is 4.79 Å². The fourth-order valence-electron chi connectivity index (χ4n) is 3.46. The van der Waals surface area contributed by atoms with Crippen LogP contribution in [0.25, 0.3) is 0 Å². The molecule has 25 heavy (non-hydrogen) atoms. The first-order valence-corrected chi connectivity index (χ1v) is 8.88. The molecule has 6 nitrogen and oxygen atoms in total. The first-order valence-electron chi connectivity index (χ1n) is 8.88. The summed E-state index contributed by atoms with van der Waals surface area (Å²) in [6, 6.07) is 5.99. The highest BCUT2D eigenvalue weighted by atomic mass is 16.3. The number of urea groups is 1. The van der Waals surface area contributed by atoms with E-state index in [0.717, 1.165) is 30.0 Å². The van der Waals surface area contributed by atoms with Crippen molar-refractivity contribution in [1.29, 1.82) is 0 Å². The molecule has 6 heteroatoms. The second kappa shape index (κ2) is 7.62. The second-order valence-electron chi connectivity index (χ2n) is 7.86. The maximum atomic E-state index is 12.7. The van der Waals surface area contributed by atoms with Crippen LogP contribution in [0.3, 0.4) is 0 Å². The molecule has 1 heterocycles. The average molecular weight is 348 g/mol. The fraction of sp³-hybridized carbons (Fsp3) is 0.632. The van der Waals surface area contributed by atoms with Crippen LogP contribution in [0, 0.1) is 6.92 Å². The Hall–Kier alpha value is -1.79. The highest BCUT2D eigenvalue weighted by Crippen LogP contribution is 2.26. The minimum Gasteiger partial charge on any atom is -0.389 e. The second-order valence-corrected chi connectivity index (χ2v) is 7.86. The van der Waals surface area contributed by atoms with Gasteiger partial charge in [0.2, 0.25) is 0 Å². The van der Waals surface area contributed by atoms with E-state index in [-0.39, 0.29) is 12.1 Å². The number of hydrogen-bond acceptors (Lipinski definition) is 4. The van der Waals surface area contributed by atoms with Crippen LogP contribution in [-0.2, 0) is 0 Å². The molecular formula is C19H32N4O2. The topological polar surface area (TPSA) is 59.1 Å². The number of carbonyl (C=O) groups is 1. The first-order chi connectivity index (χ1) is 11.6. The standard InChI is InChI=1S/C19H32N4O2/c1-14-12-22(13-19(3,4)25)10-11-23(14)18(24)20-16-8-7-9-17(15(16)2)21(5)6/h7-9,14,25H,10-13H2,1-6H3,(H,20,24). The lowest BCUT2D eigenvalue weighted by Gasteiger charge is -2.41. The van der Waals surface area contributed by atoms with Gasteiger partial charge >= 0.3 is 6.03 Å². The molecule has 0 radical (unpaired) electrons. The molecule has 0 aliphatic carbocycles. The minimum atomic E-state index is -0.714. The SMILES string of the molecule is Cc1c(NC(=O)N2CCN(CC(C)(C)O)CC2C)cccc1N(C)C. The van der Waals surface area contributed by atoms with Crippen molar-refractivity contribution in [3.8, 4) is 0 Å². The summed E-state index contributed by atoms with van der Waals surface area (Å²) in [7, 11) is 4.00. The van der Waals surface area contributed by atoms with Crippen molar-refractivity contribution < 1.29 is 9.90 Å². The summed E-state index contributed by atoms with van der Waals surface area (Å²) < 4.78 is 0. The number of piperazine rings is 1. The number of carbonyl (C=O) groups excluding carboxylic acids is 1. The maximum Gasteiger partial charge on any atom is 0.322 e. The zero-order valence-electron chi connectivity index (χ0n) is 16.3. The molecule has 2 rings (SSSR count). The van der Waals surface area contributed by atoms with Crippen LogP contribution in [0.5, 0.6) is 0 Å². The smallest absolute Gasteiger partial charge is 0.322 e. The van der Waals surface area contributed by atoms with Gasteiger partial charge in [-0.05, 0) is 45.4 Å². The highest BCUT2D eigenvalue weighted by molar-refractivity contribution is 5.91. The quantitative estimate of drug-likeness (QED) is 0.877. The number of hydrogen-bond donors (Lipinski definition) is 2. The Morgan fingerprint density at radius 1 is 1.36 bits per heavy atom. The molecule has 1 aliphatic heterocycles. The van der Waals surface area contributed by atoms with E-state index < -0.39 is 5.60 Å². The van der Waals surface area contributed by atoms with Gasteiger partial charge in [0.25, 0.3) is 0 Å². The summed E-state index contributed by atoms with van der Waals surface area (Å²) in [6.07, 6.45) is 0. The van der Waals surface area contributed by atoms with Gasteiger partial charge in [-0.15, -0.1) is 0 Å². The molecule has 1 saturated heterocycles. The highest BCUT2D eigenvalue weighted by Gasteiger charge is 2.30. The predicted molar refractivity (Wildman–Crippen MR) is 103 cm³/mol. The number of β-amino-alcohol motifs (C(OH)–C–C–N with tert-alkyl or cyclic N) is 1. The molecule has 0 bridgehead atoms. The monoisotopic (exact) mass is 348 g/mol. The van der Waals surface area contributed by atoms with Crippen molar-refractivity contribution in [2.24, 2.45) is 0 Å². The van der Waals surface area contributed by atoms with Gasteiger partial charge in [0.1, 0.15) is 0 Å². The molecule has 1 unspecified atom stereocenters. The predicted octanol–water partition coefficient (Wildman–Crippen LogP) is 2.37. The van der Waals surface area contributed by atoms with Crippen LogP contribution in [0.15, 0.2) is 18.2 Å². The summed E-state index contributed by atoms with van der Waals surface area (Å²) in [5, 5.41) is 13.0. The van der Waals surface area contributed by atoms with E-state index in [4.69, 9.17) is 0 Å². The van der Waals surface area contributed by atoms with Crippen LogP contribution >= 0.6 is 0 Å². The van der Waals surface area contributed by atoms with Crippen molar-refractivity contribution in [2.75, 3.05) is 50.5 Å². The molecule has 1 aromatic rings. The lowest BCUT2D eigenvalue weighted by molar-refractivity contribution is 0.0130. The Kier molecular flexibility index (Phi) is 5.95. The number of nitrogens with one attached hydrogen (secondary N) is 1. The number of benzene rings is 1. The Bertz CT molecular complexity index is 610. The summed E-state index contributed by atoms with van der Waals surface area (Å²) >= 11 is 0. The average Bonchev–Trinajstić information content (AvgIpc) is 2.47. The number of rotatable bonds is 4. The third-order valence-corrected chi connectivity index (χ3v) is 4.61. The lowest BCUT2D eigenvalue weighted by atomic mass is 10.1. The van der Waals surface area contributed by atoms with Gasteiger partial charge in [-0.1, -0.05) is 6.07 Å². The molecular weight excluding hydrogens is 316 g/mol. The van der Waals surface area contributed by atoms with Crippen LogP contribution in [-0.4, -0.2) is 72.9 Å². The van der Waals surface area contributed by atoms with Gasteiger partial charge in [-0.2, -0.15) is 0 Å². The van der Waals surface area contributed by atoms with Gasteiger partial charge in [-0.3, -0.25) is 4.90 Å². The lowest BCUT2D eigenvalue weighted by Crippen LogP contribution is -2.57. The van der Waals surface area contributed by atoms with Gasteiger partial charge < -0.3 is 20.2 Å². The van der Waals surface area contributed by atoms with E-state index in [1.54, 1.807) is 0 Å². The molecule has 1 atom stereocenters. The molecule has 140 valence electrons. The van der Waals surface area contributed by atoms with Crippen molar-refractivity contribution in [3.63, 3.8) is 0 Å². The fourth-order valence-corrected chi connectivity index (χ4v) is 3.46. The molecule has 1 aromatic carbocycles. The largest absolute Gasteiger partial charge is 0.389 e. The number of amides is 2. The summed E-state index contributed by atoms with van der Waals surface area (Å²) in [5.74, 6) is 0. The van der Waals surface area contributed by atoms with E-state index in [1.165, 1.54) is 0 Å². The molecule has 0 aromatic heterocycles.